The van der Waals surface area contributed by atoms with Gasteiger partial charge in [0.1, 0.15) is 5.02 Å². The number of nitrogens with zero attached hydrogens (tertiary/aromatic N) is 1. The number of hydrogen-bond donors (Lipinski definition) is 1. The average molecular weight is 385 g/mol. The van der Waals surface area contributed by atoms with E-state index in [4.69, 9.17) is 11.6 Å². The number of methoxy groups -OCH3 is 1. The van der Waals surface area contributed by atoms with Crippen molar-refractivity contribution >= 4 is 39.0 Å². The number of carbonyl (C=O) groups is 1. The van der Waals surface area contributed by atoms with Crippen molar-refractivity contribution in [1.29, 1.82) is 0 Å². The molecular weight excluding hydrogens is 372 g/mol. The highest BCUT2D eigenvalue weighted by molar-refractivity contribution is 7.92. The summed E-state index contributed by atoms with van der Waals surface area (Å²) >= 11 is 5.71. The first-order valence-corrected chi connectivity index (χ1v) is 8.67. The van der Waals surface area contributed by atoms with Crippen LogP contribution in [0.3, 0.4) is 0 Å². The molecule has 0 heterocycles. The molecule has 1 N–H and O–H groups in total. The molecule has 0 saturated carbocycles. The van der Waals surface area contributed by atoms with Crippen LogP contribution < -0.4 is 4.72 Å². The molecule has 0 aliphatic rings. The number of hydrogen-bond acceptors (Lipinski definition) is 6. The number of nitro benzene ring substituents is 1. The van der Waals surface area contributed by atoms with Gasteiger partial charge in [0.05, 0.1) is 28.2 Å². The van der Waals surface area contributed by atoms with E-state index in [1.807, 2.05) is 0 Å². The number of rotatable bonds is 5. The van der Waals surface area contributed by atoms with Crippen LogP contribution in [0.25, 0.3) is 0 Å². The predicted molar refractivity (Wildman–Crippen MR) is 91.4 cm³/mol. The smallest absolute Gasteiger partial charge is 0.337 e. The maximum atomic E-state index is 12.6. The Morgan fingerprint density at radius 1 is 1.24 bits per heavy atom. The summed E-state index contributed by atoms with van der Waals surface area (Å²) < 4.78 is 32.0. The molecule has 2 aromatic carbocycles. The average Bonchev–Trinajstić information content (AvgIpc) is 2.55. The molecule has 132 valence electrons. The second-order valence-corrected chi connectivity index (χ2v) is 7.06. The second-order valence-electron chi connectivity index (χ2n) is 5.00. The summed E-state index contributed by atoms with van der Waals surface area (Å²) in [6, 6.07) is 7.60. The Morgan fingerprint density at radius 3 is 2.52 bits per heavy atom. The molecule has 0 aliphatic carbocycles. The molecule has 10 heteroatoms. The maximum absolute atomic E-state index is 12.6. The maximum Gasteiger partial charge on any atom is 0.337 e. The minimum atomic E-state index is -4.09. The van der Waals surface area contributed by atoms with Gasteiger partial charge in [-0.1, -0.05) is 17.7 Å². The first kappa shape index (κ1) is 18.7. The van der Waals surface area contributed by atoms with Crippen molar-refractivity contribution in [2.24, 2.45) is 0 Å². The van der Waals surface area contributed by atoms with Gasteiger partial charge in [-0.2, -0.15) is 0 Å². The van der Waals surface area contributed by atoms with Crippen molar-refractivity contribution in [2.45, 2.75) is 11.8 Å². The highest BCUT2D eigenvalue weighted by Crippen LogP contribution is 2.29. The SMILES string of the molecule is COC(=O)c1ccc(C)c(S(=O)(=O)Nc2ccc(Cl)c([N+](=O)[O-])c2)c1. The van der Waals surface area contributed by atoms with Gasteiger partial charge in [-0.25, -0.2) is 13.2 Å². The Kier molecular flexibility index (Phi) is 5.29. The predicted octanol–water partition coefficient (Wildman–Crippen LogP) is 3.14. The lowest BCUT2D eigenvalue weighted by Gasteiger charge is -2.11. The van der Waals surface area contributed by atoms with Crippen LogP contribution in [0.15, 0.2) is 41.3 Å². The third-order valence-corrected chi connectivity index (χ3v) is 5.14. The molecule has 0 spiro atoms. The normalized spacial score (nSPS) is 11.0. The van der Waals surface area contributed by atoms with Crippen molar-refractivity contribution in [2.75, 3.05) is 11.8 Å². The number of esters is 1. The van der Waals surface area contributed by atoms with Crippen molar-refractivity contribution in [3.05, 3.63) is 62.7 Å². The fourth-order valence-corrected chi connectivity index (χ4v) is 3.57. The van der Waals surface area contributed by atoms with Gasteiger partial charge >= 0.3 is 5.97 Å². The molecule has 2 rings (SSSR count). The van der Waals surface area contributed by atoms with Gasteiger partial charge in [-0.3, -0.25) is 14.8 Å². The summed E-state index contributed by atoms with van der Waals surface area (Å²) in [5.74, 6) is -0.682. The minimum absolute atomic E-state index is 0.0287. The lowest BCUT2D eigenvalue weighted by molar-refractivity contribution is -0.384. The third-order valence-electron chi connectivity index (χ3n) is 3.29. The summed E-state index contributed by atoms with van der Waals surface area (Å²) in [5.41, 5.74) is 0.0000455. The quantitative estimate of drug-likeness (QED) is 0.481. The molecule has 0 fully saturated rings. The lowest BCUT2D eigenvalue weighted by Crippen LogP contribution is -2.15. The van der Waals surface area contributed by atoms with Crippen molar-refractivity contribution in [3.63, 3.8) is 0 Å². The van der Waals surface area contributed by atoms with Gasteiger partial charge < -0.3 is 4.74 Å². The van der Waals surface area contributed by atoms with E-state index in [2.05, 4.69) is 9.46 Å². The number of benzene rings is 2. The molecule has 0 aromatic heterocycles. The Labute approximate surface area is 148 Å². The van der Waals surface area contributed by atoms with Crippen LogP contribution in [0.2, 0.25) is 5.02 Å². The van der Waals surface area contributed by atoms with Crippen LogP contribution in [0.5, 0.6) is 0 Å². The lowest BCUT2D eigenvalue weighted by atomic mass is 10.1. The van der Waals surface area contributed by atoms with Crippen molar-refractivity contribution < 1.29 is 22.9 Å². The van der Waals surface area contributed by atoms with Crippen LogP contribution in [0.4, 0.5) is 11.4 Å². The van der Waals surface area contributed by atoms with Crippen LogP contribution in [0, 0.1) is 17.0 Å². The number of nitrogens with one attached hydrogen (secondary N) is 1. The molecule has 0 saturated heterocycles. The fourth-order valence-electron chi connectivity index (χ4n) is 2.06. The summed E-state index contributed by atoms with van der Waals surface area (Å²) in [5, 5.41) is 10.8. The van der Waals surface area contributed by atoms with Gasteiger partial charge in [0, 0.05) is 6.07 Å². The zero-order valence-electron chi connectivity index (χ0n) is 13.1. The first-order chi connectivity index (χ1) is 11.7. The van der Waals surface area contributed by atoms with Gasteiger partial charge in [0.15, 0.2) is 0 Å². The first-order valence-electron chi connectivity index (χ1n) is 6.81. The monoisotopic (exact) mass is 384 g/mol. The van der Waals surface area contributed by atoms with Crippen LogP contribution in [-0.4, -0.2) is 26.4 Å². The molecule has 0 unspecified atom stereocenters. The molecular formula is C15H13ClN2O6S. The second kappa shape index (κ2) is 7.08. The van der Waals surface area contributed by atoms with Gasteiger partial charge in [-0.15, -0.1) is 0 Å². The topological polar surface area (TPSA) is 116 Å². The molecule has 25 heavy (non-hydrogen) atoms. The van der Waals surface area contributed by atoms with E-state index in [0.717, 1.165) is 6.07 Å². The third kappa shape index (κ3) is 4.06. The van der Waals surface area contributed by atoms with Crippen molar-refractivity contribution in [1.82, 2.24) is 0 Å². The standard InChI is InChI=1S/C15H13ClN2O6S/c1-9-3-4-10(15(19)24-2)7-14(9)25(22,23)17-11-5-6-12(16)13(8-11)18(20)21/h3-8,17H,1-2H3. The van der Waals surface area contributed by atoms with Gasteiger partial charge in [-0.05, 0) is 36.8 Å². The molecule has 0 amide bonds. The number of carbonyl (C=O) groups excluding carboxylic acids is 1. The molecule has 0 radical (unpaired) electrons. The summed E-state index contributed by atoms with van der Waals surface area (Å²) in [4.78, 5) is 21.6. The van der Waals surface area contributed by atoms with E-state index in [1.165, 1.54) is 37.4 Å². The molecule has 2 aromatic rings. The Morgan fingerprint density at radius 2 is 1.92 bits per heavy atom. The van der Waals surface area contributed by atoms with Gasteiger partial charge in [0.25, 0.3) is 15.7 Å². The highest BCUT2D eigenvalue weighted by Gasteiger charge is 2.21. The Balaban J connectivity index is 2.45. The van der Waals surface area contributed by atoms with Crippen LogP contribution in [0.1, 0.15) is 15.9 Å². The highest BCUT2D eigenvalue weighted by atomic mass is 35.5. The molecule has 0 bridgehead atoms. The zero-order valence-corrected chi connectivity index (χ0v) is 14.7. The molecule has 0 atom stereocenters. The fraction of sp³-hybridized carbons (Fsp3) is 0.133. The number of ether oxygens (including phenoxy) is 1. The summed E-state index contributed by atoms with van der Waals surface area (Å²) in [6.07, 6.45) is 0. The zero-order chi connectivity index (χ0) is 18.8. The Hall–Kier alpha value is -2.65. The largest absolute Gasteiger partial charge is 0.465 e. The van der Waals surface area contributed by atoms with E-state index in [0.29, 0.717) is 5.56 Å². The van der Waals surface area contributed by atoms with Crippen LogP contribution in [-0.2, 0) is 14.8 Å². The van der Waals surface area contributed by atoms with E-state index >= 15 is 0 Å². The van der Waals surface area contributed by atoms with E-state index in [1.54, 1.807) is 6.92 Å². The van der Waals surface area contributed by atoms with Crippen LogP contribution >= 0.6 is 11.6 Å². The summed E-state index contributed by atoms with van der Waals surface area (Å²) in [6.45, 7) is 1.56. The molecule has 8 nitrogen and oxygen atoms in total. The van der Waals surface area contributed by atoms with Gasteiger partial charge in [0.2, 0.25) is 0 Å². The number of halogens is 1. The number of anilines is 1. The van der Waals surface area contributed by atoms with E-state index < -0.39 is 26.6 Å². The number of sulfonamides is 1. The van der Waals surface area contributed by atoms with E-state index in [9.17, 15) is 23.3 Å². The minimum Gasteiger partial charge on any atom is -0.465 e. The number of aryl methyl sites for hydroxylation is 1. The molecule has 0 aliphatic heterocycles. The van der Waals surface area contributed by atoms with E-state index in [-0.39, 0.29) is 21.2 Å². The van der Waals surface area contributed by atoms with Crippen molar-refractivity contribution in [3.8, 4) is 0 Å². The summed E-state index contributed by atoms with van der Waals surface area (Å²) in [7, 11) is -2.91. The Bertz CT molecular complexity index is 958. The number of nitro groups is 1.